The van der Waals surface area contributed by atoms with Gasteiger partial charge in [-0.15, -0.1) is 0 Å². The zero-order chi connectivity index (χ0) is 18.5. The summed E-state index contributed by atoms with van der Waals surface area (Å²) >= 11 is 0. The Morgan fingerprint density at radius 1 is 1.00 bits per heavy atom. The van der Waals surface area contributed by atoms with Gasteiger partial charge in [0.25, 0.3) is 0 Å². The second kappa shape index (κ2) is 13.2. The van der Waals surface area contributed by atoms with Crippen molar-refractivity contribution in [1.29, 1.82) is 0 Å². The molecule has 3 unspecified atom stereocenters. The van der Waals surface area contributed by atoms with Crippen molar-refractivity contribution >= 4 is 8.80 Å². The lowest BCUT2D eigenvalue weighted by Gasteiger charge is -2.35. The van der Waals surface area contributed by atoms with Crippen LogP contribution in [0.15, 0.2) is 0 Å². The topological polar surface area (TPSA) is 78.4 Å². The molecule has 0 radical (unpaired) electrons. The van der Waals surface area contributed by atoms with E-state index in [4.69, 9.17) is 22.8 Å². The van der Waals surface area contributed by atoms with Crippen LogP contribution in [-0.2, 0) is 22.8 Å². The number of rotatable bonds is 14. The van der Waals surface area contributed by atoms with Gasteiger partial charge in [0.15, 0.2) is 0 Å². The number of hydrogen-bond acceptors (Lipinski definition) is 7. The predicted molar refractivity (Wildman–Crippen MR) is 98.7 cm³/mol. The molecule has 7 nitrogen and oxygen atoms in total. The lowest BCUT2D eigenvalue weighted by atomic mass is 9.82. The number of nitrogens with one attached hydrogen (secondary N) is 1. The molecule has 2 N–H and O–H groups in total. The van der Waals surface area contributed by atoms with Gasteiger partial charge in [0, 0.05) is 47.1 Å². The molecule has 0 aromatic heterocycles. The van der Waals surface area contributed by atoms with Crippen LogP contribution >= 0.6 is 0 Å². The van der Waals surface area contributed by atoms with E-state index in [1.807, 2.05) is 0 Å². The van der Waals surface area contributed by atoms with Crippen LogP contribution in [0.1, 0.15) is 32.1 Å². The molecule has 1 saturated carbocycles. The lowest BCUT2D eigenvalue weighted by Crippen LogP contribution is -2.46. The predicted octanol–water partition coefficient (Wildman–Crippen LogP) is 1.43. The van der Waals surface area contributed by atoms with Gasteiger partial charge in [-0.25, -0.2) is 0 Å². The molecule has 3 atom stereocenters. The van der Waals surface area contributed by atoms with E-state index in [9.17, 15) is 5.11 Å². The van der Waals surface area contributed by atoms with Crippen molar-refractivity contribution in [2.24, 2.45) is 5.92 Å². The van der Waals surface area contributed by atoms with E-state index in [-0.39, 0.29) is 12.1 Å². The molecule has 1 rings (SSSR count). The van der Waals surface area contributed by atoms with E-state index in [1.54, 1.807) is 28.4 Å². The maximum absolute atomic E-state index is 10.3. The second-order valence-electron chi connectivity index (χ2n) is 6.60. The van der Waals surface area contributed by atoms with Crippen molar-refractivity contribution in [2.45, 2.75) is 50.3 Å². The molecule has 0 aromatic carbocycles. The molecule has 0 bridgehead atoms. The van der Waals surface area contributed by atoms with Gasteiger partial charge >= 0.3 is 8.80 Å². The molecule has 8 heteroatoms. The molecule has 1 aliphatic rings. The minimum atomic E-state index is -2.50. The van der Waals surface area contributed by atoms with Gasteiger partial charge in [-0.2, -0.15) is 0 Å². The molecule has 0 spiro atoms. The summed E-state index contributed by atoms with van der Waals surface area (Å²) in [5.74, 6) is 0.561. The molecule has 0 aromatic rings. The Balaban J connectivity index is 2.27. The molecule has 25 heavy (non-hydrogen) atoms. The van der Waals surface area contributed by atoms with Crippen molar-refractivity contribution < 1.29 is 27.9 Å². The normalized spacial score (nSPS) is 24.6. The van der Waals surface area contributed by atoms with Gasteiger partial charge in [-0.05, 0) is 44.6 Å². The lowest BCUT2D eigenvalue weighted by molar-refractivity contribution is 0.0576. The molecule has 0 amide bonds. The summed E-state index contributed by atoms with van der Waals surface area (Å²) in [6.07, 6.45) is 4.54. The first-order valence-corrected chi connectivity index (χ1v) is 11.2. The quantitative estimate of drug-likeness (QED) is 0.349. The van der Waals surface area contributed by atoms with E-state index in [0.717, 1.165) is 44.7 Å². The van der Waals surface area contributed by atoms with E-state index >= 15 is 0 Å². The summed E-state index contributed by atoms with van der Waals surface area (Å²) in [7, 11) is 4.14. The fourth-order valence-corrected chi connectivity index (χ4v) is 5.24. The third kappa shape index (κ3) is 8.44. The number of methoxy groups -OCH3 is 1. The third-order valence-corrected chi connectivity index (χ3v) is 7.79. The van der Waals surface area contributed by atoms with Crippen molar-refractivity contribution in [3.05, 3.63) is 0 Å². The first kappa shape index (κ1) is 23.0. The molecule has 0 saturated heterocycles. The van der Waals surface area contributed by atoms with Gasteiger partial charge in [0.1, 0.15) is 0 Å². The van der Waals surface area contributed by atoms with Crippen LogP contribution in [0.25, 0.3) is 0 Å². The van der Waals surface area contributed by atoms with E-state index in [2.05, 4.69) is 5.32 Å². The zero-order valence-corrected chi connectivity index (χ0v) is 17.3. The number of aliphatic hydroxyl groups excluding tert-OH is 1. The molecule has 0 aliphatic heterocycles. The van der Waals surface area contributed by atoms with Crippen LogP contribution in [-0.4, -0.2) is 80.9 Å². The van der Waals surface area contributed by atoms with Gasteiger partial charge in [-0.3, -0.25) is 0 Å². The Hall–Kier alpha value is -0.0631. The Labute approximate surface area is 153 Å². The highest BCUT2D eigenvalue weighted by Crippen LogP contribution is 2.31. The van der Waals surface area contributed by atoms with Gasteiger partial charge in [0.05, 0.1) is 19.3 Å². The van der Waals surface area contributed by atoms with Crippen LogP contribution in [0, 0.1) is 5.92 Å². The van der Waals surface area contributed by atoms with Crippen molar-refractivity contribution in [1.82, 2.24) is 5.32 Å². The van der Waals surface area contributed by atoms with Crippen molar-refractivity contribution in [2.75, 3.05) is 54.8 Å². The van der Waals surface area contributed by atoms with Crippen LogP contribution in [0.2, 0.25) is 6.04 Å². The van der Waals surface area contributed by atoms with Gasteiger partial charge in [-0.1, -0.05) is 0 Å². The monoisotopic (exact) mass is 379 g/mol. The van der Waals surface area contributed by atoms with E-state index in [0.29, 0.717) is 25.7 Å². The Morgan fingerprint density at radius 3 is 2.36 bits per heavy atom. The summed E-state index contributed by atoms with van der Waals surface area (Å²) in [5.41, 5.74) is 0. The zero-order valence-electron chi connectivity index (χ0n) is 16.3. The molecule has 0 heterocycles. The highest BCUT2D eigenvalue weighted by atomic mass is 28.4. The molecule has 1 fully saturated rings. The maximum atomic E-state index is 10.3. The average molecular weight is 380 g/mol. The smallest absolute Gasteiger partial charge is 0.392 e. The van der Waals surface area contributed by atoms with E-state index in [1.165, 1.54) is 0 Å². The fourth-order valence-electron chi connectivity index (χ4n) is 3.37. The first-order chi connectivity index (χ1) is 12.1. The standard InChI is InChI=1S/C17H37NO6Si/c1-20-11-12-24-10-5-9-18-16-14-15(6-7-17(16)19)8-13-25(21-2,22-3)23-4/h15-19H,5-14H2,1-4H3. The number of ether oxygens (including phenoxy) is 2. The highest BCUT2D eigenvalue weighted by Gasteiger charge is 2.39. The summed E-state index contributed by atoms with van der Waals surface area (Å²) < 4.78 is 26.9. The first-order valence-electron chi connectivity index (χ1n) is 9.24. The van der Waals surface area contributed by atoms with E-state index < -0.39 is 8.80 Å². The van der Waals surface area contributed by atoms with Crippen molar-refractivity contribution in [3.8, 4) is 0 Å². The largest absolute Gasteiger partial charge is 0.500 e. The van der Waals surface area contributed by atoms with Crippen molar-refractivity contribution in [3.63, 3.8) is 0 Å². The SMILES string of the molecule is COCCOCCCNC1CC(CC[Si](OC)(OC)OC)CCC1O. The van der Waals surface area contributed by atoms with Crippen LogP contribution < -0.4 is 5.32 Å². The minimum Gasteiger partial charge on any atom is -0.392 e. The third-order valence-electron chi connectivity index (χ3n) is 5.02. The molecule has 1 aliphatic carbocycles. The Kier molecular flexibility index (Phi) is 12.1. The highest BCUT2D eigenvalue weighted by molar-refractivity contribution is 6.60. The summed E-state index contributed by atoms with van der Waals surface area (Å²) in [5, 5.41) is 13.7. The number of hydrogen-bond donors (Lipinski definition) is 2. The Morgan fingerprint density at radius 2 is 1.72 bits per heavy atom. The van der Waals surface area contributed by atoms with Gasteiger partial charge < -0.3 is 33.2 Å². The average Bonchev–Trinajstić information content (AvgIpc) is 2.64. The number of aliphatic hydroxyl groups is 1. The van der Waals surface area contributed by atoms with Crippen LogP contribution in [0.4, 0.5) is 0 Å². The van der Waals surface area contributed by atoms with Gasteiger partial charge in [0.2, 0.25) is 0 Å². The molecular formula is C17H37NO6Si. The summed E-state index contributed by atoms with van der Waals surface area (Å²) in [4.78, 5) is 0. The Bertz CT molecular complexity index is 324. The fraction of sp³-hybridized carbons (Fsp3) is 1.00. The maximum Gasteiger partial charge on any atom is 0.500 e. The van der Waals surface area contributed by atoms with Crippen LogP contribution in [0.3, 0.4) is 0 Å². The summed E-state index contributed by atoms with van der Waals surface area (Å²) in [6.45, 7) is 2.83. The second-order valence-corrected chi connectivity index (χ2v) is 9.69. The molecule has 150 valence electrons. The van der Waals surface area contributed by atoms with Crippen LogP contribution in [0.5, 0.6) is 0 Å². The minimum absolute atomic E-state index is 0.154. The summed E-state index contributed by atoms with van der Waals surface area (Å²) in [6, 6.07) is 0.971. The molecular weight excluding hydrogens is 342 g/mol.